The molecule has 0 radical (unpaired) electrons. The van der Waals surface area contributed by atoms with E-state index in [1.165, 1.54) is 0 Å². The Kier molecular flexibility index (Phi) is 4.62. The van der Waals surface area contributed by atoms with E-state index in [0.29, 0.717) is 17.2 Å². The molecule has 5 rings (SSSR count). The highest BCUT2D eigenvalue weighted by atomic mass is 16.5. The quantitative estimate of drug-likeness (QED) is 0.541. The van der Waals surface area contributed by atoms with Gasteiger partial charge in [-0.05, 0) is 44.2 Å². The Morgan fingerprint density at radius 1 is 1.16 bits per heavy atom. The molecule has 2 aromatic carbocycles. The van der Waals surface area contributed by atoms with E-state index in [1.807, 2.05) is 24.3 Å². The first-order valence-corrected chi connectivity index (χ1v) is 10.6. The van der Waals surface area contributed by atoms with Gasteiger partial charge in [-0.2, -0.15) is 0 Å². The number of rotatable bonds is 4. The van der Waals surface area contributed by atoms with Gasteiger partial charge in [-0.15, -0.1) is 0 Å². The molecule has 0 saturated carbocycles. The Balaban J connectivity index is 1.65. The smallest absolute Gasteiger partial charge is 0.332 e. The van der Waals surface area contributed by atoms with Crippen molar-refractivity contribution in [2.75, 3.05) is 25.2 Å². The monoisotopic (exact) mass is 436 g/mol. The van der Waals surface area contributed by atoms with Crippen LogP contribution in [0.3, 0.4) is 0 Å². The molecule has 3 heterocycles. The van der Waals surface area contributed by atoms with Crippen LogP contribution in [0.5, 0.6) is 11.5 Å². The van der Waals surface area contributed by atoms with Crippen LogP contribution < -0.4 is 14.4 Å². The molecule has 0 N–H and O–H groups in total. The number of amides is 3. The molecule has 32 heavy (non-hydrogen) atoms. The molecule has 3 aliphatic heterocycles. The summed E-state index contributed by atoms with van der Waals surface area (Å²) in [5, 5.41) is 0. The topological polar surface area (TPSA) is 85.4 Å². The first kappa shape index (κ1) is 20.4. The van der Waals surface area contributed by atoms with Crippen LogP contribution in [0.4, 0.5) is 10.5 Å². The standard InChI is InChI=1S/C24H24N2O6/c1-4-31-21(27)19-17-13-32-18-8-6-5-7-16(18)20(17)26-23(29)25(22(28)24(19,26)2)14-9-11-15(30-3)12-10-14/h5-12,17,19-20H,4,13H2,1-3H3/t17?,19?,20?,24-/m0/s1. The number of fused-ring (bicyclic) bond motifs is 5. The van der Waals surface area contributed by atoms with E-state index < -0.39 is 35.4 Å². The van der Waals surface area contributed by atoms with Crippen LogP contribution >= 0.6 is 0 Å². The van der Waals surface area contributed by atoms with Gasteiger partial charge in [0.25, 0.3) is 5.91 Å². The number of nitrogens with zero attached hydrogens (tertiary/aromatic N) is 2. The molecule has 3 unspecified atom stereocenters. The van der Waals surface area contributed by atoms with E-state index in [1.54, 1.807) is 50.1 Å². The van der Waals surface area contributed by atoms with Crippen molar-refractivity contribution in [1.29, 1.82) is 0 Å². The van der Waals surface area contributed by atoms with Crippen molar-refractivity contribution in [3.8, 4) is 11.5 Å². The Morgan fingerprint density at radius 2 is 1.88 bits per heavy atom. The molecule has 8 nitrogen and oxygen atoms in total. The number of carbonyl (C=O) groups is 3. The van der Waals surface area contributed by atoms with E-state index in [9.17, 15) is 14.4 Å². The van der Waals surface area contributed by atoms with Crippen LogP contribution in [-0.2, 0) is 14.3 Å². The van der Waals surface area contributed by atoms with Gasteiger partial charge in [0, 0.05) is 11.5 Å². The maximum atomic E-state index is 13.8. The molecule has 0 spiro atoms. The summed E-state index contributed by atoms with van der Waals surface area (Å²) in [5.74, 6) is -0.905. The summed E-state index contributed by atoms with van der Waals surface area (Å²) in [6.45, 7) is 3.80. The van der Waals surface area contributed by atoms with E-state index in [0.717, 1.165) is 10.5 Å². The fraction of sp³-hybridized carbons (Fsp3) is 0.375. The second kappa shape index (κ2) is 7.25. The molecule has 2 saturated heterocycles. The van der Waals surface area contributed by atoms with Crippen molar-refractivity contribution in [2.24, 2.45) is 11.8 Å². The number of anilines is 1. The van der Waals surface area contributed by atoms with E-state index in [4.69, 9.17) is 14.2 Å². The minimum Gasteiger partial charge on any atom is -0.497 e. The Bertz CT molecular complexity index is 1100. The number of methoxy groups -OCH3 is 1. The molecule has 3 aliphatic rings. The van der Waals surface area contributed by atoms with Crippen molar-refractivity contribution in [2.45, 2.75) is 25.4 Å². The number of imide groups is 1. The molecule has 0 aliphatic carbocycles. The first-order valence-electron chi connectivity index (χ1n) is 10.6. The highest BCUT2D eigenvalue weighted by molar-refractivity contribution is 6.24. The summed E-state index contributed by atoms with van der Waals surface area (Å²) in [4.78, 5) is 43.4. The van der Waals surface area contributed by atoms with Gasteiger partial charge < -0.3 is 19.1 Å². The number of ether oxygens (including phenoxy) is 3. The van der Waals surface area contributed by atoms with Gasteiger partial charge in [-0.3, -0.25) is 9.59 Å². The van der Waals surface area contributed by atoms with Gasteiger partial charge in [-0.25, -0.2) is 9.69 Å². The van der Waals surface area contributed by atoms with E-state index >= 15 is 0 Å². The number of carbonyl (C=O) groups excluding carboxylic acids is 3. The fourth-order valence-electron chi connectivity index (χ4n) is 5.40. The third-order valence-corrected chi connectivity index (χ3v) is 6.79. The number of hydrogen-bond donors (Lipinski definition) is 0. The minimum atomic E-state index is -1.39. The molecular weight excluding hydrogens is 412 g/mol. The van der Waals surface area contributed by atoms with Gasteiger partial charge in [0.05, 0.1) is 38.0 Å². The number of benzene rings is 2. The van der Waals surface area contributed by atoms with Crippen LogP contribution in [0.1, 0.15) is 25.5 Å². The van der Waals surface area contributed by atoms with Crippen molar-refractivity contribution in [3.63, 3.8) is 0 Å². The maximum absolute atomic E-state index is 13.8. The second-order valence-corrected chi connectivity index (χ2v) is 8.33. The molecule has 4 atom stereocenters. The molecule has 0 bridgehead atoms. The van der Waals surface area contributed by atoms with Crippen LogP contribution in [0.2, 0.25) is 0 Å². The lowest BCUT2D eigenvalue weighted by Gasteiger charge is -2.34. The van der Waals surface area contributed by atoms with Gasteiger partial charge in [0.15, 0.2) is 0 Å². The van der Waals surface area contributed by atoms with Crippen molar-refractivity contribution in [1.82, 2.24) is 4.90 Å². The lowest BCUT2D eigenvalue weighted by atomic mass is 9.77. The first-order chi connectivity index (χ1) is 15.4. The Morgan fingerprint density at radius 3 is 2.56 bits per heavy atom. The zero-order chi connectivity index (χ0) is 22.6. The van der Waals surface area contributed by atoms with Crippen molar-refractivity contribution >= 4 is 23.6 Å². The largest absolute Gasteiger partial charge is 0.497 e. The van der Waals surface area contributed by atoms with Crippen LogP contribution in [0.15, 0.2) is 48.5 Å². The van der Waals surface area contributed by atoms with Crippen LogP contribution in [0, 0.1) is 11.8 Å². The summed E-state index contributed by atoms with van der Waals surface area (Å²) in [6.07, 6.45) is 0. The van der Waals surface area contributed by atoms with Crippen LogP contribution in [-0.4, -0.2) is 48.7 Å². The van der Waals surface area contributed by atoms with Gasteiger partial charge >= 0.3 is 12.0 Å². The summed E-state index contributed by atoms with van der Waals surface area (Å²) >= 11 is 0. The number of urea groups is 1. The summed E-state index contributed by atoms with van der Waals surface area (Å²) in [7, 11) is 1.55. The zero-order valence-electron chi connectivity index (χ0n) is 18.1. The van der Waals surface area contributed by atoms with E-state index in [-0.39, 0.29) is 19.1 Å². The highest BCUT2D eigenvalue weighted by Gasteiger charge is 2.72. The van der Waals surface area contributed by atoms with Gasteiger partial charge in [0.1, 0.15) is 17.0 Å². The lowest BCUT2D eigenvalue weighted by molar-refractivity contribution is -0.154. The third kappa shape index (κ3) is 2.58. The second-order valence-electron chi connectivity index (χ2n) is 8.33. The zero-order valence-corrected chi connectivity index (χ0v) is 18.1. The molecule has 0 aromatic heterocycles. The van der Waals surface area contributed by atoms with Gasteiger partial charge in [0.2, 0.25) is 0 Å². The van der Waals surface area contributed by atoms with Crippen molar-refractivity contribution < 1.29 is 28.6 Å². The predicted octanol–water partition coefficient (Wildman–Crippen LogP) is 3.17. The summed E-state index contributed by atoms with van der Waals surface area (Å²) in [5.41, 5.74) is -0.171. The molecular formula is C24H24N2O6. The van der Waals surface area contributed by atoms with Gasteiger partial charge in [-0.1, -0.05) is 18.2 Å². The Hall–Kier alpha value is -3.55. The highest BCUT2D eigenvalue weighted by Crippen LogP contribution is 2.58. The average Bonchev–Trinajstić information content (AvgIpc) is 3.19. The molecule has 166 valence electrons. The normalized spacial score (nSPS) is 28.0. The number of para-hydroxylation sites is 1. The molecule has 8 heteroatoms. The SMILES string of the molecule is CCOC(=O)C1C2COc3ccccc3C2N2C(=O)N(c3ccc(OC)cc3)C(=O)[C@]12C. The third-order valence-electron chi connectivity index (χ3n) is 6.79. The lowest BCUT2D eigenvalue weighted by Crippen LogP contribution is -2.51. The average molecular weight is 436 g/mol. The van der Waals surface area contributed by atoms with Crippen molar-refractivity contribution in [3.05, 3.63) is 54.1 Å². The summed E-state index contributed by atoms with van der Waals surface area (Å²) in [6, 6.07) is 13.2. The molecule has 3 amide bonds. The fourth-order valence-corrected chi connectivity index (χ4v) is 5.40. The predicted molar refractivity (Wildman–Crippen MR) is 114 cm³/mol. The number of esters is 1. The minimum absolute atomic E-state index is 0.185. The molecule has 2 fully saturated rings. The maximum Gasteiger partial charge on any atom is 0.332 e. The van der Waals surface area contributed by atoms with E-state index in [2.05, 4.69) is 0 Å². The number of hydrogen-bond acceptors (Lipinski definition) is 6. The molecule has 2 aromatic rings. The summed E-state index contributed by atoms with van der Waals surface area (Å²) < 4.78 is 16.5. The Labute approximate surface area is 185 Å². The van der Waals surface area contributed by atoms with Crippen LogP contribution in [0.25, 0.3) is 0 Å².